The Labute approximate surface area is 113 Å². The molecule has 2 nitrogen and oxygen atoms in total. The van der Waals surface area contributed by atoms with E-state index in [0.29, 0.717) is 0 Å². The number of furan rings is 1. The van der Waals surface area contributed by atoms with Crippen molar-refractivity contribution in [1.82, 2.24) is 0 Å². The predicted molar refractivity (Wildman–Crippen MR) is 74.9 cm³/mol. The Hall–Kier alpha value is -1.25. The third kappa shape index (κ3) is 2.77. The minimum absolute atomic E-state index is 0.0705. The zero-order valence-corrected chi connectivity index (χ0v) is 11.5. The van der Waals surface area contributed by atoms with E-state index in [2.05, 4.69) is 13.0 Å². The van der Waals surface area contributed by atoms with Crippen molar-refractivity contribution >= 4 is 11.6 Å². The van der Waals surface area contributed by atoms with Gasteiger partial charge in [-0.3, -0.25) is 0 Å². The second-order valence-corrected chi connectivity index (χ2v) is 4.97. The molecule has 2 aromatic rings. The highest BCUT2D eigenvalue weighted by molar-refractivity contribution is 6.31. The van der Waals surface area contributed by atoms with Crippen LogP contribution in [0.5, 0.6) is 0 Å². The molecule has 1 atom stereocenters. The largest absolute Gasteiger partial charge is 0.469 e. The normalized spacial score (nSPS) is 12.7. The Bertz CT molecular complexity index is 533. The van der Waals surface area contributed by atoms with Crippen molar-refractivity contribution in [3.63, 3.8) is 0 Å². The van der Waals surface area contributed by atoms with Crippen LogP contribution < -0.4 is 5.73 Å². The SMILES string of the molecule is CCc1occc1C(N)Cc1ccc(C)cc1Cl. The van der Waals surface area contributed by atoms with Crippen LogP contribution >= 0.6 is 11.6 Å². The van der Waals surface area contributed by atoms with Gasteiger partial charge in [0.05, 0.1) is 6.26 Å². The van der Waals surface area contributed by atoms with Crippen molar-refractivity contribution in [1.29, 1.82) is 0 Å². The first-order valence-corrected chi connectivity index (χ1v) is 6.56. The van der Waals surface area contributed by atoms with Gasteiger partial charge in [-0.25, -0.2) is 0 Å². The van der Waals surface area contributed by atoms with Crippen LogP contribution in [0.3, 0.4) is 0 Å². The van der Waals surface area contributed by atoms with Gasteiger partial charge in [-0.1, -0.05) is 30.7 Å². The fourth-order valence-corrected chi connectivity index (χ4v) is 2.45. The third-order valence-corrected chi connectivity index (χ3v) is 3.50. The average Bonchev–Trinajstić information content (AvgIpc) is 2.81. The van der Waals surface area contributed by atoms with Gasteiger partial charge in [-0.05, 0) is 36.6 Å². The molecule has 0 aliphatic rings. The zero-order valence-electron chi connectivity index (χ0n) is 10.7. The van der Waals surface area contributed by atoms with Crippen molar-refractivity contribution in [2.75, 3.05) is 0 Å². The summed E-state index contributed by atoms with van der Waals surface area (Å²) < 4.78 is 5.41. The molecule has 2 N–H and O–H groups in total. The molecule has 0 aliphatic heterocycles. The first-order valence-electron chi connectivity index (χ1n) is 6.18. The molecule has 0 aliphatic carbocycles. The molecule has 1 heterocycles. The molecule has 1 unspecified atom stereocenters. The lowest BCUT2D eigenvalue weighted by atomic mass is 9.98. The second-order valence-electron chi connectivity index (χ2n) is 4.56. The van der Waals surface area contributed by atoms with E-state index < -0.39 is 0 Å². The smallest absolute Gasteiger partial charge is 0.108 e. The van der Waals surface area contributed by atoms with Crippen LogP contribution in [0.25, 0.3) is 0 Å². The van der Waals surface area contributed by atoms with Crippen molar-refractivity contribution in [2.45, 2.75) is 32.7 Å². The number of benzene rings is 1. The van der Waals surface area contributed by atoms with Gasteiger partial charge in [0.1, 0.15) is 5.76 Å². The topological polar surface area (TPSA) is 39.2 Å². The van der Waals surface area contributed by atoms with E-state index in [1.165, 1.54) is 0 Å². The maximum Gasteiger partial charge on any atom is 0.108 e. The third-order valence-electron chi connectivity index (χ3n) is 3.15. The Kier molecular flexibility index (Phi) is 4.10. The van der Waals surface area contributed by atoms with E-state index in [1.54, 1.807) is 6.26 Å². The highest BCUT2D eigenvalue weighted by Gasteiger charge is 2.14. The highest BCUT2D eigenvalue weighted by Crippen LogP contribution is 2.25. The Morgan fingerprint density at radius 2 is 2.11 bits per heavy atom. The number of aryl methyl sites for hydroxylation is 2. The molecule has 0 fully saturated rings. The van der Waals surface area contributed by atoms with E-state index >= 15 is 0 Å². The lowest BCUT2D eigenvalue weighted by molar-refractivity contribution is 0.505. The van der Waals surface area contributed by atoms with Gasteiger partial charge in [0.2, 0.25) is 0 Å². The molecule has 18 heavy (non-hydrogen) atoms. The molecular weight excluding hydrogens is 246 g/mol. The molecule has 1 aromatic carbocycles. The molecule has 2 rings (SSSR count). The van der Waals surface area contributed by atoms with Crippen LogP contribution in [0.2, 0.25) is 5.02 Å². The van der Waals surface area contributed by atoms with Crippen molar-refractivity contribution in [3.05, 3.63) is 58.0 Å². The van der Waals surface area contributed by atoms with Gasteiger partial charge < -0.3 is 10.2 Å². The van der Waals surface area contributed by atoms with E-state index in [-0.39, 0.29) is 6.04 Å². The molecule has 0 spiro atoms. The molecule has 0 saturated heterocycles. The first-order chi connectivity index (χ1) is 8.61. The quantitative estimate of drug-likeness (QED) is 0.904. The fraction of sp³-hybridized carbons (Fsp3) is 0.333. The standard InChI is InChI=1S/C15H18ClNO/c1-3-15-12(6-7-18-15)14(17)9-11-5-4-10(2)8-13(11)16/h4-8,14H,3,9,17H2,1-2H3. The summed E-state index contributed by atoms with van der Waals surface area (Å²) in [5, 5.41) is 0.784. The van der Waals surface area contributed by atoms with Gasteiger partial charge in [0.25, 0.3) is 0 Å². The molecule has 0 saturated carbocycles. The van der Waals surface area contributed by atoms with E-state index in [0.717, 1.165) is 40.3 Å². The Morgan fingerprint density at radius 1 is 1.33 bits per heavy atom. The van der Waals surface area contributed by atoms with Gasteiger partial charge in [0, 0.05) is 23.0 Å². The Balaban J connectivity index is 2.18. The summed E-state index contributed by atoms with van der Waals surface area (Å²) in [6.07, 6.45) is 3.29. The summed E-state index contributed by atoms with van der Waals surface area (Å²) in [6, 6.07) is 7.96. The van der Waals surface area contributed by atoms with Crippen LogP contribution in [0, 0.1) is 6.92 Å². The zero-order chi connectivity index (χ0) is 13.1. The van der Waals surface area contributed by atoms with Gasteiger partial charge in [0.15, 0.2) is 0 Å². The summed E-state index contributed by atoms with van der Waals surface area (Å²) in [4.78, 5) is 0. The van der Waals surface area contributed by atoms with Gasteiger partial charge >= 0.3 is 0 Å². The van der Waals surface area contributed by atoms with Crippen LogP contribution in [-0.2, 0) is 12.8 Å². The number of rotatable bonds is 4. The molecule has 96 valence electrons. The van der Waals surface area contributed by atoms with Crippen molar-refractivity contribution in [3.8, 4) is 0 Å². The fourth-order valence-electron chi connectivity index (χ4n) is 2.13. The van der Waals surface area contributed by atoms with Crippen LogP contribution in [0.1, 0.15) is 35.4 Å². The van der Waals surface area contributed by atoms with Gasteiger partial charge in [-0.2, -0.15) is 0 Å². The monoisotopic (exact) mass is 263 g/mol. The number of hydrogen-bond acceptors (Lipinski definition) is 2. The van der Waals surface area contributed by atoms with Crippen molar-refractivity contribution < 1.29 is 4.42 Å². The van der Waals surface area contributed by atoms with E-state index in [1.807, 2.05) is 25.1 Å². The van der Waals surface area contributed by atoms with Crippen LogP contribution in [-0.4, -0.2) is 0 Å². The molecule has 0 radical (unpaired) electrons. The lowest BCUT2D eigenvalue weighted by Gasteiger charge is -2.13. The van der Waals surface area contributed by atoms with E-state index in [4.69, 9.17) is 21.8 Å². The summed E-state index contributed by atoms with van der Waals surface area (Å²) >= 11 is 6.23. The first kappa shape index (κ1) is 13.2. The van der Waals surface area contributed by atoms with Crippen LogP contribution in [0.4, 0.5) is 0 Å². The molecule has 0 bridgehead atoms. The molecule has 3 heteroatoms. The Morgan fingerprint density at radius 3 is 2.78 bits per heavy atom. The lowest BCUT2D eigenvalue weighted by Crippen LogP contribution is -2.14. The second kappa shape index (κ2) is 5.59. The average molecular weight is 264 g/mol. The molecule has 0 amide bonds. The number of halogens is 1. The van der Waals surface area contributed by atoms with Crippen LogP contribution in [0.15, 0.2) is 34.9 Å². The maximum atomic E-state index is 6.24. The summed E-state index contributed by atoms with van der Waals surface area (Å²) in [5.41, 5.74) is 9.56. The molecule has 1 aromatic heterocycles. The minimum Gasteiger partial charge on any atom is -0.469 e. The van der Waals surface area contributed by atoms with Gasteiger partial charge in [-0.15, -0.1) is 0 Å². The van der Waals surface area contributed by atoms with Crippen molar-refractivity contribution in [2.24, 2.45) is 5.73 Å². The summed E-state index contributed by atoms with van der Waals surface area (Å²) in [5.74, 6) is 0.964. The summed E-state index contributed by atoms with van der Waals surface area (Å²) in [7, 11) is 0. The number of hydrogen-bond donors (Lipinski definition) is 1. The number of nitrogens with two attached hydrogens (primary N) is 1. The molecular formula is C15H18ClNO. The summed E-state index contributed by atoms with van der Waals surface area (Å²) in [6.45, 7) is 4.09. The minimum atomic E-state index is -0.0705. The maximum absolute atomic E-state index is 6.24. The van der Waals surface area contributed by atoms with E-state index in [9.17, 15) is 0 Å². The highest BCUT2D eigenvalue weighted by atomic mass is 35.5. The predicted octanol–water partition coefficient (Wildman–Crippen LogP) is 4.05.